The third-order valence-electron chi connectivity index (χ3n) is 4.29. The van der Waals surface area contributed by atoms with Gasteiger partial charge in [0.1, 0.15) is 12.4 Å². The van der Waals surface area contributed by atoms with E-state index in [1.54, 1.807) is 29.2 Å². The van der Waals surface area contributed by atoms with Crippen LogP contribution < -0.4 is 10.2 Å². The van der Waals surface area contributed by atoms with Gasteiger partial charge in [-0.15, -0.1) is 0 Å². The van der Waals surface area contributed by atoms with Crippen molar-refractivity contribution in [1.29, 1.82) is 0 Å². The molecule has 0 atom stereocenters. The highest BCUT2D eigenvalue weighted by molar-refractivity contribution is 5.94. The number of ether oxygens (including phenoxy) is 1. The van der Waals surface area contributed by atoms with Gasteiger partial charge in [-0.25, -0.2) is 4.39 Å². The largest absolute Gasteiger partial charge is 0.375 e. The van der Waals surface area contributed by atoms with E-state index in [9.17, 15) is 14.0 Å². The van der Waals surface area contributed by atoms with Gasteiger partial charge in [-0.3, -0.25) is 9.59 Å². The van der Waals surface area contributed by atoms with E-state index in [0.717, 1.165) is 12.1 Å². The number of halogens is 1. The molecule has 156 valence electrons. The predicted octanol–water partition coefficient (Wildman–Crippen LogP) is 2.23. The zero-order valence-electron chi connectivity index (χ0n) is 17.2. The molecule has 0 bridgehead atoms. The molecule has 0 unspecified atom stereocenters. The molecule has 6 nitrogen and oxygen atoms in total. The summed E-state index contributed by atoms with van der Waals surface area (Å²) in [4.78, 5) is 28.1. The van der Waals surface area contributed by atoms with E-state index in [1.807, 2.05) is 31.1 Å². The molecular formula is C22H28FN3O3. The molecule has 0 aliphatic heterocycles. The predicted molar refractivity (Wildman–Crippen MR) is 111 cm³/mol. The van der Waals surface area contributed by atoms with Crippen molar-refractivity contribution < 1.29 is 18.7 Å². The number of carbonyl (C=O) groups is 2. The molecule has 2 amide bonds. The van der Waals surface area contributed by atoms with E-state index in [2.05, 4.69) is 5.32 Å². The van der Waals surface area contributed by atoms with Crippen LogP contribution in [-0.4, -0.2) is 57.6 Å². The second kappa shape index (κ2) is 11.3. The number of methoxy groups -OCH3 is 1. The Labute approximate surface area is 171 Å². The summed E-state index contributed by atoms with van der Waals surface area (Å²) >= 11 is 0. The van der Waals surface area contributed by atoms with Crippen LogP contribution in [0.15, 0.2) is 48.5 Å². The number of rotatable bonds is 10. The molecule has 0 saturated heterocycles. The fraction of sp³-hybridized carbons (Fsp3) is 0.364. The van der Waals surface area contributed by atoms with Gasteiger partial charge in [-0.2, -0.15) is 0 Å². The van der Waals surface area contributed by atoms with Crippen molar-refractivity contribution in [3.63, 3.8) is 0 Å². The van der Waals surface area contributed by atoms with Crippen LogP contribution in [-0.2, 0) is 27.3 Å². The van der Waals surface area contributed by atoms with Crippen LogP contribution >= 0.6 is 0 Å². The van der Waals surface area contributed by atoms with Crippen molar-refractivity contribution in [1.82, 2.24) is 10.2 Å². The monoisotopic (exact) mass is 401 g/mol. The summed E-state index contributed by atoms with van der Waals surface area (Å²) in [5.74, 6) is -0.630. The Morgan fingerprint density at radius 1 is 1.07 bits per heavy atom. The lowest BCUT2D eigenvalue weighted by Crippen LogP contribution is -2.33. The van der Waals surface area contributed by atoms with Crippen LogP contribution in [0, 0.1) is 5.82 Å². The average Bonchev–Trinajstić information content (AvgIpc) is 2.67. The zero-order valence-corrected chi connectivity index (χ0v) is 17.2. The van der Waals surface area contributed by atoms with E-state index in [4.69, 9.17) is 4.74 Å². The van der Waals surface area contributed by atoms with Gasteiger partial charge >= 0.3 is 0 Å². The molecule has 0 fully saturated rings. The molecule has 2 aromatic rings. The maximum Gasteiger partial charge on any atom is 0.253 e. The zero-order chi connectivity index (χ0) is 21.2. The number of carbonyl (C=O) groups excluding carboxylic acids is 2. The van der Waals surface area contributed by atoms with Gasteiger partial charge in [0, 0.05) is 25.9 Å². The molecule has 1 N–H and O–H groups in total. The Morgan fingerprint density at radius 3 is 2.41 bits per heavy atom. The minimum atomic E-state index is -0.350. The van der Waals surface area contributed by atoms with Gasteiger partial charge in [0.2, 0.25) is 5.91 Å². The van der Waals surface area contributed by atoms with Crippen molar-refractivity contribution >= 4 is 17.5 Å². The topological polar surface area (TPSA) is 61.9 Å². The number of nitrogens with one attached hydrogen (secondary N) is 1. The smallest absolute Gasteiger partial charge is 0.253 e. The molecule has 0 aromatic heterocycles. The summed E-state index contributed by atoms with van der Waals surface area (Å²) < 4.78 is 18.5. The molecule has 0 spiro atoms. The van der Waals surface area contributed by atoms with Crippen LogP contribution in [0.25, 0.3) is 0 Å². The number of hydrogen-bond acceptors (Lipinski definition) is 4. The minimum absolute atomic E-state index is 0.0494. The van der Waals surface area contributed by atoms with Gasteiger partial charge in [0.15, 0.2) is 0 Å². The number of nitrogens with zero attached hydrogens (tertiary/aromatic N) is 2. The summed E-state index contributed by atoms with van der Waals surface area (Å²) in [6.07, 6.45) is 0.267. The summed E-state index contributed by atoms with van der Waals surface area (Å²) in [5, 5.41) is 2.88. The molecule has 0 heterocycles. The lowest BCUT2D eigenvalue weighted by Gasteiger charge is -2.23. The lowest BCUT2D eigenvalue weighted by molar-refractivity contribution is -0.122. The van der Waals surface area contributed by atoms with Crippen LogP contribution in [0.5, 0.6) is 0 Å². The fourth-order valence-electron chi connectivity index (χ4n) is 2.80. The molecule has 0 aliphatic rings. The molecule has 0 saturated carbocycles. The summed E-state index contributed by atoms with van der Waals surface area (Å²) in [6, 6.07) is 13.4. The van der Waals surface area contributed by atoms with Gasteiger partial charge in [-0.05, 0) is 49.5 Å². The van der Waals surface area contributed by atoms with E-state index < -0.39 is 0 Å². The second-order valence-electron chi connectivity index (χ2n) is 7.04. The normalized spacial score (nSPS) is 10.8. The van der Waals surface area contributed by atoms with Crippen LogP contribution in [0.2, 0.25) is 0 Å². The van der Waals surface area contributed by atoms with Crippen LogP contribution in [0.3, 0.4) is 0 Å². The number of amides is 2. The first-order valence-electron chi connectivity index (χ1n) is 9.43. The molecule has 2 aromatic carbocycles. The summed E-state index contributed by atoms with van der Waals surface area (Å²) in [5.41, 5.74) is 2.19. The van der Waals surface area contributed by atoms with E-state index in [1.165, 1.54) is 19.2 Å². The molecule has 2 rings (SSSR count). The maximum atomic E-state index is 13.5. The molecule has 0 radical (unpaired) electrons. The Morgan fingerprint density at radius 2 is 1.79 bits per heavy atom. The van der Waals surface area contributed by atoms with E-state index >= 15 is 0 Å². The molecular weight excluding hydrogens is 373 g/mol. The SMILES string of the molecule is COCC(=O)N(Cc1cccc(F)c1)c1ccc(CC(=O)NCCN(C)C)cc1. The second-order valence-corrected chi connectivity index (χ2v) is 7.04. The Bertz CT molecular complexity index is 809. The Hall–Kier alpha value is -2.77. The van der Waals surface area contributed by atoms with Crippen molar-refractivity contribution in [3.05, 3.63) is 65.5 Å². The van der Waals surface area contributed by atoms with Crippen molar-refractivity contribution in [2.45, 2.75) is 13.0 Å². The number of benzene rings is 2. The van der Waals surface area contributed by atoms with Crippen LogP contribution in [0.1, 0.15) is 11.1 Å². The van der Waals surface area contributed by atoms with Gasteiger partial charge < -0.3 is 19.9 Å². The van der Waals surface area contributed by atoms with Gasteiger partial charge in [0.25, 0.3) is 5.91 Å². The maximum absolute atomic E-state index is 13.5. The average molecular weight is 401 g/mol. The fourth-order valence-corrected chi connectivity index (χ4v) is 2.80. The van der Waals surface area contributed by atoms with Crippen molar-refractivity contribution in [2.24, 2.45) is 0 Å². The summed E-state index contributed by atoms with van der Waals surface area (Å²) in [7, 11) is 5.35. The first-order valence-corrected chi connectivity index (χ1v) is 9.43. The third-order valence-corrected chi connectivity index (χ3v) is 4.29. The van der Waals surface area contributed by atoms with Crippen molar-refractivity contribution in [3.8, 4) is 0 Å². The number of likely N-dealkylation sites (N-methyl/N-ethyl adjacent to an activating group) is 1. The lowest BCUT2D eigenvalue weighted by atomic mass is 10.1. The Kier molecular flexibility index (Phi) is 8.76. The molecule has 7 heteroatoms. The summed E-state index contributed by atoms with van der Waals surface area (Å²) in [6.45, 7) is 1.52. The van der Waals surface area contributed by atoms with Gasteiger partial charge in [0.05, 0.1) is 13.0 Å². The van der Waals surface area contributed by atoms with Gasteiger partial charge in [-0.1, -0.05) is 24.3 Å². The first-order chi connectivity index (χ1) is 13.9. The highest BCUT2D eigenvalue weighted by Gasteiger charge is 2.17. The molecule has 29 heavy (non-hydrogen) atoms. The standard InChI is InChI=1S/C22H28FN3O3/c1-25(2)12-11-24-21(27)14-17-7-9-20(10-8-17)26(22(28)16-29-3)15-18-5-4-6-19(23)13-18/h4-10,13H,11-12,14-16H2,1-3H3,(H,24,27). The first kappa shape index (κ1) is 22.5. The minimum Gasteiger partial charge on any atom is -0.375 e. The highest BCUT2D eigenvalue weighted by Crippen LogP contribution is 2.19. The molecule has 0 aliphatic carbocycles. The third kappa shape index (κ3) is 7.63. The van der Waals surface area contributed by atoms with E-state index in [0.29, 0.717) is 17.8 Å². The quantitative estimate of drug-likeness (QED) is 0.663. The van der Waals surface area contributed by atoms with Crippen molar-refractivity contribution in [2.75, 3.05) is 45.8 Å². The Balaban J connectivity index is 2.07. The number of hydrogen-bond donors (Lipinski definition) is 1. The number of anilines is 1. The van der Waals surface area contributed by atoms with E-state index in [-0.39, 0.29) is 37.2 Å². The highest BCUT2D eigenvalue weighted by atomic mass is 19.1. The van der Waals surface area contributed by atoms with Crippen LogP contribution in [0.4, 0.5) is 10.1 Å².